The number of aliphatic hydroxyl groups excluding tert-OH is 1. The Kier molecular flexibility index (Phi) is 5.34. The van der Waals surface area contributed by atoms with E-state index in [9.17, 15) is 14.3 Å². The zero-order valence-electron chi connectivity index (χ0n) is 14.2. The number of rotatable bonds is 5. The highest BCUT2D eigenvalue weighted by Gasteiger charge is 2.27. The maximum atomic E-state index is 13.1. The van der Waals surface area contributed by atoms with Crippen LogP contribution in [0.2, 0.25) is 0 Å². The van der Waals surface area contributed by atoms with Crippen molar-refractivity contribution in [1.29, 1.82) is 0 Å². The normalized spacial score (nSPS) is 27.2. The van der Waals surface area contributed by atoms with E-state index in [2.05, 4.69) is 0 Å². The summed E-state index contributed by atoms with van der Waals surface area (Å²) in [4.78, 5) is 13.4. The van der Waals surface area contributed by atoms with Gasteiger partial charge in [-0.25, -0.2) is 4.39 Å². The number of halogens is 1. The number of likely N-dealkylation sites (N-methyl/N-ethyl adjacent to an activating group) is 1. The van der Waals surface area contributed by atoms with Crippen LogP contribution in [0.4, 0.5) is 4.39 Å². The smallest absolute Gasteiger partial charge is 0.160 e. The molecule has 1 N–H and O–H groups in total. The van der Waals surface area contributed by atoms with Crippen molar-refractivity contribution >= 4 is 5.78 Å². The summed E-state index contributed by atoms with van der Waals surface area (Å²) in [5.41, 5.74) is 2.00. The van der Waals surface area contributed by atoms with Gasteiger partial charge in [0.25, 0.3) is 0 Å². The Morgan fingerprint density at radius 1 is 1.25 bits per heavy atom. The number of ketones is 1. The number of hydrogen-bond acceptors (Lipinski definition) is 3. The fourth-order valence-electron chi connectivity index (χ4n) is 4.08. The Morgan fingerprint density at radius 3 is 2.67 bits per heavy atom. The van der Waals surface area contributed by atoms with Crippen molar-refractivity contribution in [3.8, 4) is 0 Å². The SMILES string of the molecule is CN(CCC1CCC[C@@H](c2ccc(F)cc2)C1)C1=CC(=O)CC1O. The molecule has 24 heavy (non-hydrogen) atoms. The topological polar surface area (TPSA) is 40.5 Å². The van der Waals surface area contributed by atoms with Crippen molar-refractivity contribution in [2.75, 3.05) is 13.6 Å². The van der Waals surface area contributed by atoms with Gasteiger partial charge in [-0.2, -0.15) is 0 Å². The van der Waals surface area contributed by atoms with Crippen LogP contribution in [0.15, 0.2) is 36.0 Å². The summed E-state index contributed by atoms with van der Waals surface area (Å²) >= 11 is 0. The molecule has 2 aliphatic carbocycles. The molecule has 0 amide bonds. The van der Waals surface area contributed by atoms with Gasteiger partial charge in [0, 0.05) is 31.8 Å². The summed E-state index contributed by atoms with van der Waals surface area (Å²) in [5.74, 6) is 1.00. The summed E-state index contributed by atoms with van der Waals surface area (Å²) in [6, 6.07) is 6.94. The first-order valence-corrected chi connectivity index (χ1v) is 8.92. The van der Waals surface area contributed by atoms with Crippen LogP contribution < -0.4 is 0 Å². The van der Waals surface area contributed by atoms with Gasteiger partial charge in [0.15, 0.2) is 5.78 Å². The van der Waals surface area contributed by atoms with Crippen molar-refractivity contribution in [3.63, 3.8) is 0 Å². The lowest BCUT2D eigenvalue weighted by Gasteiger charge is -2.31. The van der Waals surface area contributed by atoms with Gasteiger partial charge in [-0.1, -0.05) is 25.0 Å². The molecule has 3 nitrogen and oxygen atoms in total. The molecule has 1 fully saturated rings. The molecule has 1 saturated carbocycles. The molecule has 0 saturated heterocycles. The third kappa shape index (κ3) is 4.04. The summed E-state index contributed by atoms with van der Waals surface area (Å²) in [6.07, 6.45) is 6.97. The highest BCUT2D eigenvalue weighted by atomic mass is 19.1. The van der Waals surface area contributed by atoms with Crippen molar-refractivity contribution in [3.05, 3.63) is 47.4 Å². The molecule has 0 heterocycles. The van der Waals surface area contributed by atoms with E-state index in [0.29, 0.717) is 11.8 Å². The molecule has 0 bridgehead atoms. The predicted molar refractivity (Wildman–Crippen MR) is 92.1 cm³/mol. The van der Waals surface area contributed by atoms with Crippen molar-refractivity contribution < 1.29 is 14.3 Å². The number of aliphatic hydroxyl groups is 1. The second kappa shape index (κ2) is 7.47. The minimum absolute atomic E-state index is 0.0124. The average molecular weight is 331 g/mol. The van der Waals surface area contributed by atoms with Crippen LogP contribution in [-0.4, -0.2) is 35.5 Å². The minimum Gasteiger partial charge on any atom is -0.386 e. The first-order chi connectivity index (χ1) is 11.5. The van der Waals surface area contributed by atoms with E-state index in [1.165, 1.54) is 24.8 Å². The summed E-state index contributed by atoms with van der Waals surface area (Å²) in [5, 5.41) is 9.92. The van der Waals surface area contributed by atoms with E-state index in [1.54, 1.807) is 18.2 Å². The molecule has 0 aliphatic heterocycles. The molecule has 4 heteroatoms. The van der Waals surface area contributed by atoms with Crippen LogP contribution in [-0.2, 0) is 4.79 Å². The van der Waals surface area contributed by atoms with Crippen molar-refractivity contribution in [2.45, 2.75) is 50.5 Å². The van der Waals surface area contributed by atoms with Gasteiger partial charge in [-0.05, 0) is 48.8 Å². The van der Waals surface area contributed by atoms with Gasteiger partial charge in [0.05, 0.1) is 0 Å². The predicted octanol–water partition coefficient (Wildman–Crippen LogP) is 3.64. The minimum atomic E-state index is -0.638. The fourth-order valence-corrected chi connectivity index (χ4v) is 4.08. The number of carbonyl (C=O) groups excluding carboxylic acids is 1. The standard InChI is InChI=1S/C20H26FNO2/c1-22(19-12-18(23)13-20(19)24)10-9-14-3-2-4-16(11-14)15-5-7-17(21)8-6-15/h5-8,12,14,16,20,24H,2-4,9-11,13H2,1H3/t14?,16-,20?/m1/s1. The van der Waals surface area contributed by atoms with Crippen LogP contribution >= 0.6 is 0 Å². The molecule has 1 aromatic rings. The van der Waals surface area contributed by atoms with Gasteiger partial charge in [0.1, 0.15) is 11.9 Å². The van der Waals surface area contributed by atoms with E-state index in [4.69, 9.17) is 0 Å². The summed E-state index contributed by atoms with van der Waals surface area (Å²) in [6.45, 7) is 0.858. The molecule has 2 unspecified atom stereocenters. The van der Waals surface area contributed by atoms with Gasteiger partial charge < -0.3 is 10.0 Å². The first kappa shape index (κ1) is 17.2. The molecule has 0 radical (unpaired) electrons. The number of hydrogen-bond donors (Lipinski definition) is 1. The molecule has 0 aromatic heterocycles. The van der Waals surface area contributed by atoms with Gasteiger partial charge in [-0.15, -0.1) is 0 Å². The van der Waals surface area contributed by atoms with Crippen LogP contribution in [0.5, 0.6) is 0 Å². The van der Waals surface area contributed by atoms with Gasteiger partial charge in [0.2, 0.25) is 0 Å². The Labute approximate surface area is 143 Å². The van der Waals surface area contributed by atoms with Crippen LogP contribution in [0.1, 0.15) is 50.0 Å². The van der Waals surface area contributed by atoms with Gasteiger partial charge >= 0.3 is 0 Å². The number of nitrogens with zero attached hydrogens (tertiary/aromatic N) is 1. The Hall–Kier alpha value is -1.68. The Balaban J connectivity index is 1.53. The molecule has 2 aliphatic rings. The fraction of sp³-hybridized carbons (Fsp3) is 0.550. The second-order valence-corrected chi connectivity index (χ2v) is 7.25. The molecule has 130 valence electrons. The maximum Gasteiger partial charge on any atom is 0.160 e. The molecule has 1 aromatic carbocycles. The largest absolute Gasteiger partial charge is 0.386 e. The lowest BCUT2D eigenvalue weighted by atomic mass is 9.77. The van der Waals surface area contributed by atoms with Crippen molar-refractivity contribution in [2.24, 2.45) is 5.92 Å². The number of carbonyl (C=O) groups is 1. The number of benzene rings is 1. The third-order valence-electron chi connectivity index (χ3n) is 5.48. The van der Waals surface area contributed by atoms with Crippen LogP contribution in [0.3, 0.4) is 0 Å². The van der Waals surface area contributed by atoms with Crippen LogP contribution in [0.25, 0.3) is 0 Å². The summed E-state index contributed by atoms with van der Waals surface area (Å²) < 4.78 is 13.1. The lowest BCUT2D eigenvalue weighted by molar-refractivity contribution is -0.115. The highest BCUT2D eigenvalue weighted by Crippen LogP contribution is 2.37. The first-order valence-electron chi connectivity index (χ1n) is 8.92. The lowest BCUT2D eigenvalue weighted by Crippen LogP contribution is -2.27. The Bertz CT molecular complexity index is 611. The van der Waals surface area contributed by atoms with E-state index >= 15 is 0 Å². The second-order valence-electron chi connectivity index (χ2n) is 7.25. The number of allylic oxidation sites excluding steroid dienone is 1. The quantitative estimate of drug-likeness (QED) is 0.895. The van der Waals surface area contributed by atoms with Gasteiger partial charge in [-0.3, -0.25) is 4.79 Å². The zero-order chi connectivity index (χ0) is 17.1. The van der Waals surface area contributed by atoms with Crippen LogP contribution in [0, 0.1) is 11.7 Å². The van der Waals surface area contributed by atoms with E-state index in [0.717, 1.165) is 25.1 Å². The molecule has 3 atom stereocenters. The zero-order valence-corrected chi connectivity index (χ0v) is 14.2. The average Bonchev–Trinajstić information content (AvgIpc) is 2.92. The van der Waals surface area contributed by atoms with E-state index in [1.807, 2.05) is 24.1 Å². The highest BCUT2D eigenvalue weighted by molar-refractivity contribution is 5.93. The van der Waals surface area contributed by atoms with E-state index < -0.39 is 6.10 Å². The monoisotopic (exact) mass is 331 g/mol. The van der Waals surface area contributed by atoms with E-state index in [-0.39, 0.29) is 18.0 Å². The molecular formula is C20H26FNO2. The van der Waals surface area contributed by atoms with Crippen molar-refractivity contribution in [1.82, 2.24) is 4.90 Å². The molecule has 0 spiro atoms. The maximum absolute atomic E-state index is 13.1. The Morgan fingerprint density at radius 2 is 2.00 bits per heavy atom. The molecular weight excluding hydrogens is 305 g/mol. The summed E-state index contributed by atoms with van der Waals surface area (Å²) in [7, 11) is 1.95. The molecule has 3 rings (SSSR count). The third-order valence-corrected chi connectivity index (χ3v) is 5.48.